The van der Waals surface area contributed by atoms with Crippen molar-refractivity contribution in [2.24, 2.45) is 0 Å². The molecule has 0 unspecified atom stereocenters. The molecule has 3 rings (SSSR count). The van der Waals surface area contributed by atoms with Crippen LogP contribution in [0.4, 0.5) is 0 Å². The van der Waals surface area contributed by atoms with Crippen molar-refractivity contribution in [3.8, 4) is 0 Å². The van der Waals surface area contributed by atoms with E-state index < -0.39 is 7.14 Å². The molecule has 1 fully saturated rings. The summed E-state index contributed by atoms with van der Waals surface area (Å²) in [6.07, 6.45) is 4.59. The highest BCUT2D eigenvalue weighted by atomic mass is 31.2. The lowest BCUT2D eigenvalue weighted by Crippen LogP contribution is -2.41. The van der Waals surface area contributed by atoms with Gasteiger partial charge in [-0.15, -0.1) is 0 Å². The van der Waals surface area contributed by atoms with Crippen molar-refractivity contribution in [2.75, 3.05) is 19.3 Å². The van der Waals surface area contributed by atoms with E-state index in [4.69, 9.17) is 0 Å². The molecule has 0 bridgehead atoms. The van der Waals surface area contributed by atoms with Crippen LogP contribution < -0.4 is 10.6 Å². The molecule has 0 radical (unpaired) electrons. The SMILES string of the molecule is C[C@@H](CP(=O)(c1ccccc1)c1ccccc1)N1CCCCC1. The van der Waals surface area contributed by atoms with Gasteiger partial charge in [-0.25, -0.2) is 0 Å². The topological polar surface area (TPSA) is 20.3 Å². The van der Waals surface area contributed by atoms with Crippen LogP contribution in [0.1, 0.15) is 26.2 Å². The third-order valence-electron chi connectivity index (χ3n) is 4.88. The molecule has 1 atom stereocenters. The molecule has 0 saturated carbocycles. The van der Waals surface area contributed by atoms with Gasteiger partial charge < -0.3 is 9.46 Å². The molecule has 2 aromatic rings. The first-order chi connectivity index (χ1) is 11.2. The first kappa shape index (κ1) is 16.5. The summed E-state index contributed by atoms with van der Waals surface area (Å²) in [5.41, 5.74) is 0. The number of hydrogen-bond donors (Lipinski definition) is 0. The fourth-order valence-electron chi connectivity index (χ4n) is 3.54. The Balaban J connectivity index is 1.91. The Bertz CT molecular complexity index is 606. The predicted molar refractivity (Wildman–Crippen MR) is 99.5 cm³/mol. The molecule has 0 N–H and O–H groups in total. The number of nitrogens with zero attached hydrogens (tertiary/aromatic N) is 1. The van der Waals surface area contributed by atoms with Crippen LogP contribution in [-0.2, 0) is 4.57 Å². The van der Waals surface area contributed by atoms with Crippen molar-refractivity contribution in [2.45, 2.75) is 32.2 Å². The highest BCUT2D eigenvalue weighted by Gasteiger charge is 2.31. The second kappa shape index (κ2) is 7.47. The highest BCUT2D eigenvalue weighted by Crippen LogP contribution is 2.44. The van der Waals surface area contributed by atoms with Gasteiger partial charge >= 0.3 is 0 Å². The lowest BCUT2D eigenvalue weighted by Gasteiger charge is -2.34. The molecule has 0 amide bonds. The Hall–Kier alpha value is -1.37. The van der Waals surface area contributed by atoms with E-state index in [0.717, 1.165) is 29.9 Å². The standard InChI is InChI=1S/C20H26NOP/c1-18(21-15-9-4-10-16-21)17-23(22,19-11-5-2-6-12-19)20-13-7-3-8-14-20/h2-3,5-8,11-14,18H,4,9-10,15-17H2,1H3/t18-/m0/s1. The number of benzene rings is 2. The quantitative estimate of drug-likeness (QED) is 0.777. The number of hydrogen-bond acceptors (Lipinski definition) is 2. The van der Waals surface area contributed by atoms with Crippen LogP contribution in [0.15, 0.2) is 60.7 Å². The van der Waals surface area contributed by atoms with E-state index in [-0.39, 0.29) is 0 Å². The summed E-state index contributed by atoms with van der Waals surface area (Å²) >= 11 is 0. The molecule has 2 nitrogen and oxygen atoms in total. The monoisotopic (exact) mass is 327 g/mol. The van der Waals surface area contributed by atoms with Crippen molar-refractivity contribution in [3.05, 3.63) is 60.7 Å². The maximum absolute atomic E-state index is 14.0. The zero-order valence-electron chi connectivity index (χ0n) is 13.9. The van der Waals surface area contributed by atoms with Crippen LogP contribution in [0, 0.1) is 0 Å². The summed E-state index contributed by atoms with van der Waals surface area (Å²) in [5.74, 6) is 0. The third-order valence-corrected chi connectivity index (χ3v) is 8.19. The first-order valence-corrected chi connectivity index (χ1v) is 10.5. The van der Waals surface area contributed by atoms with Gasteiger partial charge in [0.1, 0.15) is 7.14 Å². The summed E-state index contributed by atoms with van der Waals surface area (Å²) in [7, 11) is -2.59. The predicted octanol–water partition coefficient (Wildman–Crippen LogP) is 3.87. The van der Waals surface area contributed by atoms with Crippen LogP contribution in [-0.4, -0.2) is 30.2 Å². The highest BCUT2D eigenvalue weighted by molar-refractivity contribution is 7.78. The molecule has 0 spiro atoms. The molecule has 122 valence electrons. The molecule has 0 aromatic heterocycles. The van der Waals surface area contributed by atoms with Crippen LogP contribution in [0.3, 0.4) is 0 Å². The first-order valence-electron chi connectivity index (χ1n) is 8.64. The minimum Gasteiger partial charge on any atom is -0.314 e. The summed E-state index contributed by atoms with van der Waals surface area (Å²) in [6, 6.07) is 20.4. The molecule has 3 heteroatoms. The summed E-state index contributed by atoms with van der Waals surface area (Å²) < 4.78 is 14.0. The maximum Gasteiger partial charge on any atom is 0.144 e. The Morgan fingerprint density at radius 3 is 1.83 bits per heavy atom. The summed E-state index contributed by atoms with van der Waals surface area (Å²) in [5, 5.41) is 1.96. The van der Waals surface area contributed by atoms with Gasteiger partial charge in [0.25, 0.3) is 0 Å². The Morgan fingerprint density at radius 1 is 0.870 bits per heavy atom. The van der Waals surface area contributed by atoms with E-state index in [9.17, 15) is 4.57 Å². The fourth-order valence-corrected chi connectivity index (χ4v) is 6.55. The van der Waals surface area contributed by atoms with Gasteiger partial charge in [-0.3, -0.25) is 0 Å². The molecule has 1 saturated heterocycles. The lowest BCUT2D eigenvalue weighted by atomic mass is 10.1. The van der Waals surface area contributed by atoms with Crippen LogP contribution in [0.5, 0.6) is 0 Å². The van der Waals surface area contributed by atoms with Crippen LogP contribution in [0.2, 0.25) is 0 Å². The largest absolute Gasteiger partial charge is 0.314 e. The van der Waals surface area contributed by atoms with Gasteiger partial charge in [-0.2, -0.15) is 0 Å². The van der Waals surface area contributed by atoms with Crippen LogP contribution in [0.25, 0.3) is 0 Å². The van der Waals surface area contributed by atoms with Crippen molar-refractivity contribution in [3.63, 3.8) is 0 Å². The number of rotatable bonds is 5. The van der Waals surface area contributed by atoms with Gasteiger partial charge in [-0.05, 0) is 32.9 Å². The van der Waals surface area contributed by atoms with E-state index in [1.807, 2.05) is 60.7 Å². The molecule has 1 aliphatic heterocycles. The lowest BCUT2D eigenvalue weighted by molar-refractivity contribution is 0.186. The van der Waals surface area contributed by atoms with Gasteiger partial charge in [0.05, 0.1) is 0 Å². The van der Waals surface area contributed by atoms with Gasteiger partial charge in [0.2, 0.25) is 0 Å². The minimum absolute atomic E-state index is 0.349. The van der Waals surface area contributed by atoms with E-state index >= 15 is 0 Å². The van der Waals surface area contributed by atoms with E-state index in [1.165, 1.54) is 19.3 Å². The zero-order valence-corrected chi connectivity index (χ0v) is 14.8. The van der Waals surface area contributed by atoms with Gasteiger partial charge in [-0.1, -0.05) is 67.1 Å². The smallest absolute Gasteiger partial charge is 0.144 e. The van der Waals surface area contributed by atoms with Crippen LogP contribution >= 0.6 is 7.14 Å². The van der Waals surface area contributed by atoms with Crippen molar-refractivity contribution in [1.29, 1.82) is 0 Å². The molecule has 1 aliphatic rings. The Kier molecular flexibility index (Phi) is 5.35. The van der Waals surface area contributed by atoms with E-state index in [1.54, 1.807) is 0 Å². The molecular weight excluding hydrogens is 301 g/mol. The second-order valence-corrected chi connectivity index (χ2v) is 9.42. The number of piperidine rings is 1. The zero-order chi connectivity index (χ0) is 16.1. The minimum atomic E-state index is -2.59. The summed E-state index contributed by atoms with van der Waals surface area (Å²) in [4.78, 5) is 2.52. The third kappa shape index (κ3) is 3.76. The molecule has 1 heterocycles. The van der Waals surface area contributed by atoms with Crippen molar-refractivity contribution in [1.82, 2.24) is 4.90 Å². The van der Waals surface area contributed by atoms with E-state index in [2.05, 4.69) is 11.8 Å². The number of likely N-dealkylation sites (tertiary alicyclic amines) is 1. The molecule has 2 aromatic carbocycles. The second-order valence-electron chi connectivity index (χ2n) is 6.54. The molecular formula is C20H26NOP. The van der Waals surface area contributed by atoms with Gasteiger partial charge in [0.15, 0.2) is 0 Å². The van der Waals surface area contributed by atoms with Crippen molar-refractivity contribution < 1.29 is 4.57 Å². The molecule has 0 aliphatic carbocycles. The Labute approximate surface area is 139 Å². The fraction of sp³-hybridized carbons (Fsp3) is 0.400. The average molecular weight is 327 g/mol. The van der Waals surface area contributed by atoms with Crippen molar-refractivity contribution >= 4 is 17.8 Å². The summed E-state index contributed by atoms with van der Waals surface area (Å²) in [6.45, 7) is 4.53. The van der Waals surface area contributed by atoms with Gasteiger partial charge in [0, 0.05) is 22.8 Å². The maximum atomic E-state index is 14.0. The average Bonchev–Trinajstić information content (AvgIpc) is 2.64. The Morgan fingerprint density at radius 2 is 1.35 bits per heavy atom. The van der Waals surface area contributed by atoms with E-state index in [0.29, 0.717) is 6.04 Å². The normalized spacial score (nSPS) is 17.8. The molecule has 23 heavy (non-hydrogen) atoms.